The predicted octanol–water partition coefficient (Wildman–Crippen LogP) is 2.51. The molecule has 5 nitrogen and oxygen atoms in total. The van der Waals surface area contributed by atoms with Crippen molar-refractivity contribution in [1.29, 1.82) is 0 Å². The molecule has 2 aromatic rings. The van der Waals surface area contributed by atoms with Gasteiger partial charge in [-0.2, -0.15) is 13.2 Å². The minimum atomic E-state index is -4.37. The Morgan fingerprint density at radius 2 is 1.80 bits per heavy atom. The molecule has 1 atom stereocenters. The fourth-order valence-corrected chi connectivity index (χ4v) is 3.74. The Balaban J connectivity index is 1.68. The van der Waals surface area contributed by atoms with Crippen LogP contribution in [0.4, 0.5) is 18.3 Å². The fraction of sp³-hybridized carbons (Fsp3) is 0.375. The second kappa shape index (κ2) is 7.01. The number of benzene rings is 1. The average Bonchev–Trinajstić information content (AvgIpc) is 3.07. The van der Waals surface area contributed by atoms with E-state index in [1.807, 2.05) is 35.2 Å². The van der Waals surface area contributed by atoms with Gasteiger partial charge in [0.15, 0.2) is 5.13 Å². The average molecular weight is 370 g/mol. The van der Waals surface area contributed by atoms with Crippen molar-refractivity contribution < 1.29 is 18.0 Å². The van der Waals surface area contributed by atoms with E-state index in [4.69, 9.17) is 5.73 Å². The molecule has 0 radical (unpaired) electrons. The number of anilines is 1. The van der Waals surface area contributed by atoms with Crippen LogP contribution >= 0.6 is 11.3 Å². The van der Waals surface area contributed by atoms with E-state index in [-0.39, 0.29) is 0 Å². The van der Waals surface area contributed by atoms with Gasteiger partial charge in [0.1, 0.15) is 10.9 Å². The van der Waals surface area contributed by atoms with Gasteiger partial charge < -0.3 is 10.6 Å². The number of carbonyl (C=O) groups is 1. The molecule has 25 heavy (non-hydrogen) atoms. The van der Waals surface area contributed by atoms with E-state index >= 15 is 0 Å². The summed E-state index contributed by atoms with van der Waals surface area (Å²) in [6, 6.07) is 8.70. The number of piperazine rings is 1. The summed E-state index contributed by atoms with van der Waals surface area (Å²) in [4.78, 5) is 18.8. The van der Waals surface area contributed by atoms with Crippen molar-refractivity contribution in [2.45, 2.75) is 12.2 Å². The summed E-state index contributed by atoms with van der Waals surface area (Å²) >= 11 is 0.638. The number of amides is 1. The normalized spacial score (nSPS) is 17.5. The molecule has 0 spiro atoms. The van der Waals surface area contributed by atoms with E-state index in [2.05, 4.69) is 4.98 Å². The number of thiazole rings is 1. The van der Waals surface area contributed by atoms with Crippen LogP contribution in [-0.4, -0.2) is 42.0 Å². The Kier molecular flexibility index (Phi) is 4.96. The Morgan fingerprint density at radius 1 is 1.16 bits per heavy atom. The van der Waals surface area contributed by atoms with E-state index in [9.17, 15) is 18.0 Å². The highest BCUT2D eigenvalue weighted by Crippen LogP contribution is 2.36. The zero-order valence-electron chi connectivity index (χ0n) is 13.2. The van der Waals surface area contributed by atoms with Crippen LogP contribution in [0.2, 0.25) is 0 Å². The molecular formula is C16H17F3N4OS. The van der Waals surface area contributed by atoms with Gasteiger partial charge in [-0.05, 0) is 5.56 Å². The van der Waals surface area contributed by atoms with Gasteiger partial charge in [0.2, 0.25) is 5.91 Å². The number of aromatic nitrogens is 1. The highest BCUT2D eigenvalue weighted by atomic mass is 32.1. The first-order valence-electron chi connectivity index (χ1n) is 7.72. The van der Waals surface area contributed by atoms with Crippen LogP contribution in [0.15, 0.2) is 36.5 Å². The van der Waals surface area contributed by atoms with Crippen molar-refractivity contribution >= 4 is 22.4 Å². The molecule has 9 heteroatoms. The van der Waals surface area contributed by atoms with Gasteiger partial charge in [0, 0.05) is 26.2 Å². The number of hydrogen-bond acceptors (Lipinski definition) is 5. The van der Waals surface area contributed by atoms with Crippen LogP contribution in [0.5, 0.6) is 0 Å². The number of nitrogens with two attached hydrogens (primary N) is 1. The minimum Gasteiger partial charge on any atom is -0.368 e. The zero-order chi connectivity index (χ0) is 18.0. The number of primary amides is 1. The summed E-state index contributed by atoms with van der Waals surface area (Å²) < 4.78 is 38.1. The Labute approximate surface area is 146 Å². The first-order chi connectivity index (χ1) is 11.9. The molecule has 2 heterocycles. The molecule has 1 saturated heterocycles. The van der Waals surface area contributed by atoms with Gasteiger partial charge in [0.25, 0.3) is 0 Å². The number of halogens is 3. The molecule has 0 aliphatic carbocycles. The maximum Gasteiger partial charge on any atom is 0.427 e. The van der Waals surface area contributed by atoms with E-state index < -0.39 is 23.0 Å². The Bertz CT molecular complexity index is 726. The van der Waals surface area contributed by atoms with Crippen LogP contribution in [-0.2, 0) is 11.0 Å². The lowest BCUT2D eigenvalue weighted by molar-refractivity contribution is -0.134. The number of carbonyl (C=O) groups excluding carboxylic acids is 1. The van der Waals surface area contributed by atoms with E-state index in [0.29, 0.717) is 42.6 Å². The number of alkyl halides is 3. The molecule has 3 rings (SSSR count). The molecule has 1 amide bonds. The molecule has 1 aliphatic rings. The quantitative estimate of drug-likeness (QED) is 0.898. The van der Waals surface area contributed by atoms with Gasteiger partial charge in [-0.3, -0.25) is 9.69 Å². The second-order valence-electron chi connectivity index (χ2n) is 5.74. The molecule has 1 unspecified atom stereocenters. The zero-order valence-corrected chi connectivity index (χ0v) is 14.1. The van der Waals surface area contributed by atoms with Crippen LogP contribution in [0, 0.1) is 0 Å². The van der Waals surface area contributed by atoms with Gasteiger partial charge in [-0.15, -0.1) is 0 Å². The van der Waals surface area contributed by atoms with E-state index in [1.54, 1.807) is 4.90 Å². The lowest BCUT2D eigenvalue weighted by Gasteiger charge is -2.38. The summed E-state index contributed by atoms with van der Waals surface area (Å²) in [5, 5.41) is 0.349. The molecule has 1 aromatic carbocycles. The standard InChI is InChI=1S/C16H17F3N4OS/c17-16(18,19)12-10-21-15(25-12)23-8-6-22(7-9-23)13(14(20)24)11-4-2-1-3-5-11/h1-5,10,13H,6-9H2,(H2,20,24). The highest BCUT2D eigenvalue weighted by Gasteiger charge is 2.35. The van der Waals surface area contributed by atoms with Crippen molar-refractivity contribution in [3.63, 3.8) is 0 Å². The number of hydrogen-bond donors (Lipinski definition) is 1. The molecule has 0 saturated carbocycles. The van der Waals surface area contributed by atoms with Crippen LogP contribution in [0.3, 0.4) is 0 Å². The summed E-state index contributed by atoms with van der Waals surface area (Å²) in [7, 11) is 0. The maximum atomic E-state index is 12.7. The molecule has 134 valence electrons. The van der Waals surface area contributed by atoms with Gasteiger partial charge in [-0.25, -0.2) is 4.98 Å². The third-order valence-electron chi connectivity index (χ3n) is 4.11. The lowest BCUT2D eigenvalue weighted by Crippen LogP contribution is -2.50. The first-order valence-corrected chi connectivity index (χ1v) is 8.54. The SMILES string of the molecule is NC(=O)C(c1ccccc1)N1CCN(c2ncc(C(F)(F)F)s2)CC1. The summed E-state index contributed by atoms with van der Waals surface area (Å²) in [6.07, 6.45) is -3.51. The summed E-state index contributed by atoms with van der Waals surface area (Å²) in [6.45, 7) is 2.01. The summed E-state index contributed by atoms with van der Waals surface area (Å²) in [5.74, 6) is -0.437. The summed E-state index contributed by atoms with van der Waals surface area (Å²) in [5.41, 5.74) is 6.38. The van der Waals surface area contributed by atoms with Gasteiger partial charge in [-0.1, -0.05) is 41.7 Å². The topological polar surface area (TPSA) is 62.5 Å². The highest BCUT2D eigenvalue weighted by molar-refractivity contribution is 7.15. The first kappa shape index (κ1) is 17.7. The molecule has 1 fully saturated rings. The molecule has 0 bridgehead atoms. The Morgan fingerprint density at radius 3 is 2.32 bits per heavy atom. The van der Waals surface area contributed by atoms with Crippen molar-refractivity contribution in [3.05, 3.63) is 47.0 Å². The predicted molar refractivity (Wildman–Crippen MR) is 89.3 cm³/mol. The monoisotopic (exact) mass is 370 g/mol. The van der Waals surface area contributed by atoms with Gasteiger partial charge >= 0.3 is 6.18 Å². The largest absolute Gasteiger partial charge is 0.427 e. The van der Waals surface area contributed by atoms with Crippen molar-refractivity contribution in [2.75, 3.05) is 31.1 Å². The van der Waals surface area contributed by atoms with Crippen LogP contribution < -0.4 is 10.6 Å². The number of nitrogens with zero attached hydrogens (tertiary/aromatic N) is 3. The Hall–Kier alpha value is -2.13. The van der Waals surface area contributed by atoms with E-state index in [0.717, 1.165) is 11.8 Å². The molecule has 1 aliphatic heterocycles. The smallest absolute Gasteiger partial charge is 0.368 e. The van der Waals surface area contributed by atoms with Crippen molar-refractivity contribution in [3.8, 4) is 0 Å². The van der Waals surface area contributed by atoms with Crippen molar-refractivity contribution in [2.24, 2.45) is 5.73 Å². The maximum absolute atomic E-state index is 12.7. The third kappa shape index (κ3) is 3.93. The molecule has 2 N–H and O–H groups in total. The lowest BCUT2D eigenvalue weighted by atomic mass is 10.0. The van der Waals surface area contributed by atoms with Crippen LogP contribution in [0.25, 0.3) is 0 Å². The molecular weight excluding hydrogens is 353 g/mol. The second-order valence-corrected chi connectivity index (χ2v) is 6.75. The fourth-order valence-electron chi connectivity index (χ4n) is 2.90. The molecule has 1 aromatic heterocycles. The van der Waals surface area contributed by atoms with Crippen LogP contribution in [0.1, 0.15) is 16.5 Å². The third-order valence-corrected chi connectivity index (χ3v) is 5.21. The minimum absolute atomic E-state index is 0.349. The van der Waals surface area contributed by atoms with Crippen molar-refractivity contribution in [1.82, 2.24) is 9.88 Å². The van der Waals surface area contributed by atoms with Gasteiger partial charge in [0.05, 0.1) is 6.20 Å². The number of rotatable bonds is 4. The van der Waals surface area contributed by atoms with E-state index in [1.165, 1.54) is 0 Å².